The zero-order chi connectivity index (χ0) is 17.8. The molecule has 126 valence electrons. The smallest absolute Gasteiger partial charge is 0.102 e. The number of benzene rings is 3. The van der Waals surface area contributed by atoms with Crippen LogP contribution in [-0.2, 0) is 0 Å². The molecule has 26 heavy (non-hydrogen) atoms. The van der Waals surface area contributed by atoms with Gasteiger partial charge in [-0.05, 0) is 23.3 Å². The van der Waals surface area contributed by atoms with Gasteiger partial charge in [0, 0.05) is 17.3 Å². The minimum Gasteiger partial charge on any atom is -0.411 e. The topological polar surface area (TPSA) is 50.4 Å². The van der Waals surface area contributed by atoms with E-state index < -0.39 is 0 Å². The van der Waals surface area contributed by atoms with Crippen LogP contribution in [0.3, 0.4) is 0 Å². The Labute approximate surface area is 151 Å². The number of nitrogens with zero attached hydrogens (tertiary/aromatic N) is 3. The predicted octanol–water partition coefficient (Wildman–Crippen LogP) is 5.01. The standard InChI is InChI=1S/C22H17N3O/c26-23-15-20-16-25(21-9-5-2-6-10-21)24-22(20)19-13-11-18(12-14-19)17-7-3-1-4-8-17/h1-16,26H/b23-15-. The molecule has 0 aliphatic heterocycles. The summed E-state index contributed by atoms with van der Waals surface area (Å²) in [7, 11) is 0. The highest BCUT2D eigenvalue weighted by Crippen LogP contribution is 2.26. The van der Waals surface area contributed by atoms with Gasteiger partial charge in [0.05, 0.1) is 11.9 Å². The molecular weight excluding hydrogens is 322 g/mol. The van der Waals surface area contributed by atoms with Crippen LogP contribution in [0.2, 0.25) is 0 Å². The maximum atomic E-state index is 9.00. The largest absolute Gasteiger partial charge is 0.411 e. The van der Waals surface area contributed by atoms with E-state index in [1.807, 2.05) is 66.9 Å². The van der Waals surface area contributed by atoms with E-state index in [-0.39, 0.29) is 0 Å². The molecule has 1 N–H and O–H groups in total. The average Bonchev–Trinajstić information content (AvgIpc) is 3.14. The second kappa shape index (κ2) is 7.07. The molecule has 0 unspecified atom stereocenters. The second-order valence-corrected chi connectivity index (χ2v) is 5.90. The Balaban J connectivity index is 1.74. The van der Waals surface area contributed by atoms with Crippen molar-refractivity contribution in [2.45, 2.75) is 0 Å². The van der Waals surface area contributed by atoms with Gasteiger partial charge in [-0.2, -0.15) is 5.10 Å². The van der Waals surface area contributed by atoms with Gasteiger partial charge in [-0.15, -0.1) is 0 Å². The zero-order valence-electron chi connectivity index (χ0n) is 14.0. The minimum absolute atomic E-state index is 0.754. The third-order valence-corrected chi connectivity index (χ3v) is 4.23. The molecule has 0 saturated carbocycles. The van der Waals surface area contributed by atoms with Crippen LogP contribution in [-0.4, -0.2) is 21.2 Å². The fourth-order valence-electron chi connectivity index (χ4n) is 2.93. The molecule has 0 fully saturated rings. The van der Waals surface area contributed by atoms with E-state index in [1.54, 1.807) is 4.68 Å². The zero-order valence-corrected chi connectivity index (χ0v) is 14.0. The summed E-state index contributed by atoms with van der Waals surface area (Å²) in [6.45, 7) is 0. The Hall–Kier alpha value is -3.66. The van der Waals surface area contributed by atoms with Crippen LogP contribution < -0.4 is 0 Å². The number of hydrogen-bond acceptors (Lipinski definition) is 3. The van der Waals surface area contributed by atoms with Gasteiger partial charge in [0.2, 0.25) is 0 Å². The molecule has 0 bridgehead atoms. The molecule has 0 atom stereocenters. The normalized spacial score (nSPS) is 11.1. The van der Waals surface area contributed by atoms with Crippen molar-refractivity contribution in [3.05, 3.63) is 96.7 Å². The van der Waals surface area contributed by atoms with Crippen LogP contribution in [0.1, 0.15) is 5.56 Å². The maximum absolute atomic E-state index is 9.00. The van der Waals surface area contributed by atoms with Gasteiger partial charge >= 0.3 is 0 Å². The van der Waals surface area contributed by atoms with Crippen LogP contribution in [0.25, 0.3) is 28.1 Å². The summed E-state index contributed by atoms with van der Waals surface area (Å²) in [6.07, 6.45) is 3.27. The van der Waals surface area contributed by atoms with Crippen molar-refractivity contribution in [2.24, 2.45) is 5.16 Å². The number of rotatable bonds is 4. The second-order valence-electron chi connectivity index (χ2n) is 5.90. The van der Waals surface area contributed by atoms with Crippen molar-refractivity contribution in [2.75, 3.05) is 0 Å². The molecule has 0 saturated heterocycles. The van der Waals surface area contributed by atoms with Crippen LogP contribution >= 0.6 is 0 Å². The maximum Gasteiger partial charge on any atom is 0.102 e. The van der Waals surface area contributed by atoms with Gasteiger partial charge in [-0.1, -0.05) is 78.0 Å². The van der Waals surface area contributed by atoms with Gasteiger partial charge in [0.1, 0.15) is 5.69 Å². The van der Waals surface area contributed by atoms with E-state index in [0.29, 0.717) is 0 Å². The monoisotopic (exact) mass is 339 g/mol. The Morgan fingerprint density at radius 1 is 0.731 bits per heavy atom. The summed E-state index contributed by atoms with van der Waals surface area (Å²) in [6, 6.07) is 28.3. The van der Waals surface area contributed by atoms with E-state index in [4.69, 9.17) is 5.21 Å². The van der Waals surface area contributed by atoms with Crippen LogP contribution in [0.15, 0.2) is 96.3 Å². The molecule has 4 nitrogen and oxygen atoms in total. The van der Waals surface area contributed by atoms with Crippen molar-refractivity contribution < 1.29 is 5.21 Å². The Morgan fingerprint density at radius 3 is 1.96 bits per heavy atom. The van der Waals surface area contributed by atoms with Crippen molar-refractivity contribution in [1.29, 1.82) is 0 Å². The molecule has 1 heterocycles. The number of oxime groups is 1. The van der Waals surface area contributed by atoms with Gasteiger partial charge in [0.15, 0.2) is 0 Å². The minimum atomic E-state index is 0.754. The molecular formula is C22H17N3O. The highest BCUT2D eigenvalue weighted by molar-refractivity contribution is 5.88. The van der Waals surface area contributed by atoms with Gasteiger partial charge in [-0.25, -0.2) is 4.68 Å². The van der Waals surface area contributed by atoms with E-state index in [1.165, 1.54) is 11.8 Å². The number of hydrogen-bond donors (Lipinski definition) is 1. The van der Waals surface area contributed by atoms with Crippen LogP contribution in [0, 0.1) is 0 Å². The summed E-state index contributed by atoms with van der Waals surface area (Å²) < 4.78 is 1.79. The lowest BCUT2D eigenvalue weighted by Gasteiger charge is -2.04. The third-order valence-electron chi connectivity index (χ3n) is 4.23. The van der Waals surface area contributed by atoms with Crippen molar-refractivity contribution >= 4 is 6.21 Å². The molecule has 4 rings (SSSR count). The molecule has 3 aromatic carbocycles. The molecule has 0 aliphatic rings. The summed E-state index contributed by atoms with van der Waals surface area (Å²) in [5, 5.41) is 16.9. The average molecular weight is 339 g/mol. The lowest BCUT2D eigenvalue weighted by atomic mass is 10.0. The van der Waals surface area contributed by atoms with Crippen molar-refractivity contribution in [3.63, 3.8) is 0 Å². The summed E-state index contributed by atoms with van der Waals surface area (Å²) in [5.41, 5.74) is 5.76. The van der Waals surface area contributed by atoms with E-state index >= 15 is 0 Å². The van der Waals surface area contributed by atoms with Gasteiger partial charge < -0.3 is 5.21 Å². The first-order chi connectivity index (χ1) is 12.8. The Bertz CT molecular complexity index is 1020. The quantitative estimate of drug-likeness (QED) is 0.323. The Kier molecular flexibility index (Phi) is 4.31. The van der Waals surface area contributed by atoms with E-state index in [0.717, 1.165) is 28.1 Å². The molecule has 4 heteroatoms. The predicted molar refractivity (Wildman–Crippen MR) is 104 cm³/mol. The third kappa shape index (κ3) is 3.13. The highest BCUT2D eigenvalue weighted by atomic mass is 16.4. The summed E-state index contributed by atoms with van der Waals surface area (Å²) in [4.78, 5) is 0. The SMILES string of the molecule is O/N=C\c1cn(-c2ccccc2)nc1-c1ccc(-c2ccccc2)cc1. The molecule has 0 aliphatic carbocycles. The lowest BCUT2D eigenvalue weighted by Crippen LogP contribution is -1.94. The number of para-hydroxylation sites is 1. The summed E-state index contributed by atoms with van der Waals surface area (Å²) in [5.74, 6) is 0. The first-order valence-electron chi connectivity index (χ1n) is 8.33. The molecule has 0 spiro atoms. The first-order valence-corrected chi connectivity index (χ1v) is 8.33. The fraction of sp³-hybridized carbons (Fsp3) is 0. The molecule has 0 radical (unpaired) electrons. The Morgan fingerprint density at radius 2 is 1.31 bits per heavy atom. The number of aromatic nitrogens is 2. The van der Waals surface area contributed by atoms with Crippen LogP contribution in [0.4, 0.5) is 0 Å². The van der Waals surface area contributed by atoms with E-state index in [9.17, 15) is 0 Å². The van der Waals surface area contributed by atoms with Crippen molar-refractivity contribution in [1.82, 2.24) is 9.78 Å². The van der Waals surface area contributed by atoms with E-state index in [2.05, 4.69) is 34.5 Å². The first kappa shape index (κ1) is 15.8. The molecule has 1 aromatic heterocycles. The highest BCUT2D eigenvalue weighted by Gasteiger charge is 2.11. The lowest BCUT2D eigenvalue weighted by molar-refractivity contribution is 0.322. The van der Waals surface area contributed by atoms with Gasteiger partial charge in [0.25, 0.3) is 0 Å². The van der Waals surface area contributed by atoms with Crippen LogP contribution in [0.5, 0.6) is 0 Å². The van der Waals surface area contributed by atoms with Crippen molar-refractivity contribution in [3.8, 4) is 28.1 Å². The summed E-state index contributed by atoms with van der Waals surface area (Å²) >= 11 is 0. The van der Waals surface area contributed by atoms with Gasteiger partial charge in [-0.3, -0.25) is 0 Å². The fourth-order valence-corrected chi connectivity index (χ4v) is 2.93. The molecule has 0 amide bonds. The molecule has 4 aromatic rings.